The van der Waals surface area contributed by atoms with Crippen LogP contribution in [0.5, 0.6) is 0 Å². The number of hydrogen-bond donors (Lipinski definition) is 2. The maximum Gasteiger partial charge on any atom is 0.306 e. The Morgan fingerprint density at radius 1 is 1.16 bits per heavy atom. The number of rotatable bonds is 3. The van der Waals surface area contributed by atoms with Crippen LogP contribution in [0.15, 0.2) is 18.2 Å². The van der Waals surface area contributed by atoms with E-state index >= 15 is 0 Å². The summed E-state index contributed by atoms with van der Waals surface area (Å²) in [4.78, 5) is 23.0. The maximum atomic E-state index is 12.1. The molecule has 0 aromatic heterocycles. The number of aryl methyl sites for hydroxylation is 2. The zero-order valence-electron chi connectivity index (χ0n) is 11.3. The number of aliphatic carboxylic acids is 1. The summed E-state index contributed by atoms with van der Waals surface area (Å²) >= 11 is 0. The van der Waals surface area contributed by atoms with Crippen LogP contribution in [0, 0.1) is 19.8 Å². The number of carboxylic acids is 1. The van der Waals surface area contributed by atoms with Crippen LogP contribution in [0.1, 0.15) is 40.7 Å². The van der Waals surface area contributed by atoms with Gasteiger partial charge in [0.05, 0.1) is 5.92 Å². The average Bonchev–Trinajstić information content (AvgIpc) is 2.76. The Hall–Kier alpha value is -1.84. The molecular weight excluding hydrogens is 242 g/mol. The van der Waals surface area contributed by atoms with Crippen molar-refractivity contribution in [3.8, 4) is 0 Å². The Bertz CT molecular complexity index is 490. The smallest absolute Gasteiger partial charge is 0.306 e. The molecule has 4 nitrogen and oxygen atoms in total. The summed E-state index contributed by atoms with van der Waals surface area (Å²) in [6.45, 7) is 3.92. The third-order valence-electron chi connectivity index (χ3n) is 3.60. The van der Waals surface area contributed by atoms with Crippen molar-refractivity contribution in [2.24, 2.45) is 5.92 Å². The number of benzene rings is 1. The van der Waals surface area contributed by atoms with E-state index in [4.69, 9.17) is 5.11 Å². The fourth-order valence-corrected chi connectivity index (χ4v) is 2.71. The van der Waals surface area contributed by atoms with Gasteiger partial charge in [-0.1, -0.05) is 17.2 Å². The highest BCUT2D eigenvalue weighted by molar-refractivity contribution is 5.94. The van der Waals surface area contributed by atoms with E-state index in [0.717, 1.165) is 17.5 Å². The molecule has 0 heterocycles. The second kappa shape index (κ2) is 5.43. The molecule has 1 aromatic carbocycles. The molecule has 4 heteroatoms. The first-order valence-electron chi connectivity index (χ1n) is 6.57. The highest BCUT2D eigenvalue weighted by Crippen LogP contribution is 2.26. The van der Waals surface area contributed by atoms with Gasteiger partial charge < -0.3 is 10.4 Å². The monoisotopic (exact) mass is 261 g/mol. The molecule has 2 N–H and O–H groups in total. The molecule has 1 fully saturated rings. The Balaban J connectivity index is 2.00. The third-order valence-corrected chi connectivity index (χ3v) is 3.60. The van der Waals surface area contributed by atoms with Crippen molar-refractivity contribution < 1.29 is 14.7 Å². The van der Waals surface area contributed by atoms with Crippen LogP contribution < -0.4 is 5.32 Å². The van der Waals surface area contributed by atoms with Crippen LogP contribution in [0.3, 0.4) is 0 Å². The zero-order chi connectivity index (χ0) is 14.0. The Morgan fingerprint density at radius 2 is 1.79 bits per heavy atom. The zero-order valence-corrected chi connectivity index (χ0v) is 11.3. The van der Waals surface area contributed by atoms with Gasteiger partial charge in [-0.3, -0.25) is 9.59 Å². The summed E-state index contributed by atoms with van der Waals surface area (Å²) in [6, 6.07) is 5.71. The minimum atomic E-state index is -0.761. The lowest BCUT2D eigenvalue weighted by Gasteiger charge is -2.13. The van der Waals surface area contributed by atoms with E-state index in [-0.39, 0.29) is 17.9 Å². The Labute approximate surface area is 112 Å². The molecule has 2 atom stereocenters. The molecule has 0 aliphatic heterocycles. The van der Waals surface area contributed by atoms with Crippen molar-refractivity contribution in [1.29, 1.82) is 0 Å². The van der Waals surface area contributed by atoms with Gasteiger partial charge in [-0.25, -0.2) is 0 Å². The second-order valence-corrected chi connectivity index (χ2v) is 5.39. The van der Waals surface area contributed by atoms with Crippen molar-refractivity contribution in [3.63, 3.8) is 0 Å². The number of carboxylic acid groups (broad SMARTS) is 1. The minimum Gasteiger partial charge on any atom is -0.481 e. The maximum absolute atomic E-state index is 12.1. The van der Waals surface area contributed by atoms with Gasteiger partial charge in [0, 0.05) is 11.6 Å². The predicted molar refractivity (Wildman–Crippen MR) is 72.1 cm³/mol. The molecule has 0 bridgehead atoms. The molecule has 102 valence electrons. The van der Waals surface area contributed by atoms with Crippen LogP contribution in [-0.4, -0.2) is 23.0 Å². The second-order valence-electron chi connectivity index (χ2n) is 5.39. The fraction of sp³-hybridized carbons (Fsp3) is 0.467. The topological polar surface area (TPSA) is 66.4 Å². The number of carbonyl (C=O) groups is 2. The molecule has 1 aromatic rings. The summed E-state index contributed by atoms with van der Waals surface area (Å²) in [5, 5.41) is 11.9. The predicted octanol–water partition coefficient (Wildman–Crippen LogP) is 2.29. The number of amides is 1. The SMILES string of the molecule is Cc1cc(C)cc(C(=O)N[C@H]2CC[C@@H](C(=O)O)C2)c1. The molecule has 19 heavy (non-hydrogen) atoms. The molecule has 1 aliphatic rings. The highest BCUT2D eigenvalue weighted by atomic mass is 16.4. The van der Waals surface area contributed by atoms with Gasteiger partial charge in [0.25, 0.3) is 5.91 Å². The van der Waals surface area contributed by atoms with Gasteiger partial charge >= 0.3 is 5.97 Å². The first-order valence-corrected chi connectivity index (χ1v) is 6.57. The lowest BCUT2D eigenvalue weighted by molar-refractivity contribution is -0.141. The minimum absolute atomic E-state index is 0.0191. The van der Waals surface area contributed by atoms with E-state index < -0.39 is 5.97 Å². The van der Waals surface area contributed by atoms with E-state index in [1.165, 1.54) is 0 Å². The average molecular weight is 261 g/mol. The molecule has 1 saturated carbocycles. The van der Waals surface area contributed by atoms with Crippen LogP contribution in [0.4, 0.5) is 0 Å². The summed E-state index contributed by atoms with van der Waals surface area (Å²) in [6.07, 6.45) is 1.92. The van der Waals surface area contributed by atoms with Crippen LogP contribution in [0.2, 0.25) is 0 Å². The van der Waals surface area contributed by atoms with Crippen LogP contribution >= 0.6 is 0 Å². The summed E-state index contributed by atoms with van der Waals surface area (Å²) in [5.41, 5.74) is 2.76. The first-order chi connectivity index (χ1) is 8.95. The largest absolute Gasteiger partial charge is 0.481 e. The van der Waals surface area contributed by atoms with Gasteiger partial charge in [-0.15, -0.1) is 0 Å². The van der Waals surface area contributed by atoms with Gasteiger partial charge in [-0.2, -0.15) is 0 Å². The van der Waals surface area contributed by atoms with E-state index in [1.54, 1.807) is 0 Å². The molecule has 1 amide bonds. The van der Waals surface area contributed by atoms with Crippen molar-refractivity contribution in [2.75, 3.05) is 0 Å². The van der Waals surface area contributed by atoms with Crippen LogP contribution in [-0.2, 0) is 4.79 Å². The quantitative estimate of drug-likeness (QED) is 0.877. The van der Waals surface area contributed by atoms with E-state index in [9.17, 15) is 9.59 Å². The Morgan fingerprint density at radius 3 is 2.32 bits per heavy atom. The number of nitrogens with one attached hydrogen (secondary N) is 1. The Kier molecular flexibility index (Phi) is 3.88. The van der Waals surface area contributed by atoms with Gasteiger partial charge in [0.1, 0.15) is 0 Å². The van der Waals surface area contributed by atoms with Gasteiger partial charge in [0.15, 0.2) is 0 Å². The van der Waals surface area contributed by atoms with Crippen LogP contribution in [0.25, 0.3) is 0 Å². The van der Waals surface area contributed by atoms with Crippen molar-refractivity contribution in [3.05, 3.63) is 34.9 Å². The van der Waals surface area contributed by atoms with Gasteiger partial charge in [-0.05, 0) is 45.2 Å². The molecular formula is C15H19NO3. The molecule has 1 aliphatic carbocycles. The molecule has 0 spiro atoms. The standard InChI is InChI=1S/C15H19NO3/c1-9-5-10(2)7-12(6-9)14(17)16-13-4-3-11(8-13)15(18)19/h5-7,11,13H,3-4,8H2,1-2H3,(H,16,17)(H,18,19)/t11-,13+/m1/s1. The number of carbonyl (C=O) groups excluding carboxylic acids is 1. The molecule has 0 unspecified atom stereocenters. The third kappa shape index (κ3) is 3.34. The molecule has 0 radical (unpaired) electrons. The van der Waals surface area contributed by atoms with E-state index in [2.05, 4.69) is 5.32 Å². The first kappa shape index (κ1) is 13.6. The molecule has 2 rings (SSSR count). The summed E-state index contributed by atoms with van der Waals surface area (Å²) < 4.78 is 0. The number of hydrogen-bond acceptors (Lipinski definition) is 2. The summed E-state index contributed by atoms with van der Waals surface area (Å²) in [5.74, 6) is -1.18. The van der Waals surface area contributed by atoms with Gasteiger partial charge in [0.2, 0.25) is 0 Å². The van der Waals surface area contributed by atoms with E-state index in [1.807, 2.05) is 32.0 Å². The fourth-order valence-electron chi connectivity index (χ4n) is 2.71. The van der Waals surface area contributed by atoms with Crippen molar-refractivity contribution >= 4 is 11.9 Å². The van der Waals surface area contributed by atoms with E-state index in [0.29, 0.717) is 18.4 Å². The van der Waals surface area contributed by atoms with Crippen molar-refractivity contribution in [1.82, 2.24) is 5.32 Å². The lowest BCUT2D eigenvalue weighted by Crippen LogP contribution is -2.33. The normalized spacial score (nSPS) is 22.2. The molecule has 0 saturated heterocycles. The lowest BCUT2D eigenvalue weighted by atomic mass is 10.1. The summed E-state index contributed by atoms with van der Waals surface area (Å²) in [7, 11) is 0. The van der Waals surface area contributed by atoms with Crippen molar-refractivity contribution in [2.45, 2.75) is 39.2 Å². The highest BCUT2D eigenvalue weighted by Gasteiger charge is 2.30.